The number of benzene rings is 2. The van der Waals surface area contributed by atoms with E-state index < -0.39 is 39.4 Å². The molecule has 0 fully saturated rings. The summed E-state index contributed by atoms with van der Waals surface area (Å²) in [6.45, 7) is 10.1. The third-order valence-corrected chi connectivity index (χ3v) is 8.53. The van der Waals surface area contributed by atoms with E-state index in [1.54, 1.807) is 19.2 Å². The summed E-state index contributed by atoms with van der Waals surface area (Å²) in [5.41, 5.74) is 3.11. The fourth-order valence-electron chi connectivity index (χ4n) is 4.58. The lowest BCUT2D eigenvalue weighted by Crippen LogP contribution is -2.60. The van der Waals surface area contributed by atoms with Gasteiger partial charge in [-0.2, -0.15) is 4.31 Å². The van der Waals surface area contributed by atoms with Gasteiger partial charge in [0.25, 0.3) is 5.91 Å². The van der Waals surface area contributed by atoms with E-state index in [0.29, 0.717) is 18.9 Å². The van der Waals surface area contributed by atoms with Gasteiger partial charge in [-0.15, -0.1) is 0 Å². The normalized spacial score (nSPS) is 13.5. The Hall–Kier alpha value is -3.03. The van der Waals surface area contributed by atoms with Gasteiger partial charge in [0.05, 0.1) is 37.3 Å². The molecule has 2 aromatic rings. The van der Waals surface area contributed by atoms with Crippen LogP contribution >= 0.6 is 0 Å². The van der Waals surface area contributed by atoms with Gasteiger partial charge in [0.1, 0.15) is 5.75 Å². The molecule has 0 aromatic heterocycles. The summed E-state index contributed by atoms with van der Waals surface area (Å²) in [5, 5.41) is 16.0. The van der Waals surface area contributed by atoms with Crippen molar-refractivity contribution < 1.29 is 32.6 Å². The molecular formula is C32H50N4O7S. The summed E-state index contributed by atoms with van der Waals surface area (Å²) in [6, 6.07) is 14.4. The second-order valence-corrected chi connectivity index (χ2v) is 14.4. The SMILES string of the molecule is COCCNCC(=O)NN(C(=O)CC(C)(C)C)[C@@H](Cc1ccccc1)[C@H](O)CN(CC(C)C)S(=O)(=O)c1ccc(OC)cc1. The molecule has 0 aliphatic carbocycles. The summed E-state index contributed by atoms with van der Waals surface area (Å²) in [6.07, 6.45) is -1.09. The fourth-order valence-corrected chi connectivity index (χ4v) is 6.20. The molecule has 44 heavy (non-hydrogen) atoms. The molecule has 0 spiro atoms. The van der Waals surface area contributed by atoms with Crippen LogP contribution in [0.4, 0.5) is 0 Å². The maximum absolute atomic E-state index is 13.8. The Labute approximate surface area is 262 Å². The van der Waals surface area contributed by atoms with Crippen LogP contribution in [-0.2, 0) is 30.8 Å². The number of carbonyl (C=O) groups is 2. The zero-order valence-electron chi connectivity index (χ0n) is 27.1. The number of aliphatic hydroxyl groups excluding tert-OH is 1. The molecule has 0 saturated heterocycles. The number of amides is 2. The van der Waals surface area contributed by atoms with E-state index in [4.69, 9.17) is 9.47 Å². The summed E-state index contributed by atoms with van der Waals surface area (Å²) in [5.74, 6) is -0.406. The predicted octanol–water partition coefficient (Wildman–Crippen LogP) is 2.85. The molecule has 11 nitrogen and oxygen atoms in total. The monoisotopic (exact) mass is 634 g/mol. The standard InChI is InChI=1S/C32H50N4O7S/c1-24(2)22-35(44(40,41)27-15-13-26(43-7)14-16-27)23-29(37)28(19-25-11-9-8-10-12-25)36(31(39)20-32(3,4)5)34-30(38)21-33-17-18-42-6/h8-16,24,28-29,33,37H,17-23H2,1-7H3,(H,34,38)/t28-,29+/m0/s1. The third kappa shape index (κ3) is 12.2. The van der Waals surface area contributed by atoms with Crippen molar-refractivity contribution in [2.24, 2.45) is 11.3 Å². The van der Waals surface area contributed by atoms with Crippen molar-refractivity contribution in [3.05, 3.63) is 60.2 Å². The van der Waals surface area contributed by atoms with Crippen molar-refractivity contribution in [2.75, 3.05) is 47.0 Å². The van der Waals surface area contributed by atoms with E-state index >= 15 is 0 Å². The first-order valence-electron chi connectivity index (χ1n) is 14.8. The van der Waals surface area contributed by atoms with Crippen molar-refractivity contribution in [2.45, 2.75) is 64.5 Å². The minimum atomic E-state index is -4.03. The third-order valence-electron chi connectivity index (χ3n) is 6.68. The Morgan fingerprint density at radius 2 is 1.61 bits per heavy atom. The molecular weight excluding hydrogens is 584 g/mol. The molecule has 2 atom stereocenters. The summed E-state index contributed by atoms with van der Waals surface area (Å²) < 4.78 is 39.1. The van der Waals surface area contributed by atoms with Crippen LogP contribution in [-0.4, -0.2) is 93.8 Å². The van der Waals surface area contributed by atoms with Gasteiger partial charge in [-0.3, -0.25) is 15.0 Å². The zero-order chi connectivity index (χ0) is 32.9. The van der Waals surface area contributed by atoms with E-state index in [-0.39, 0.29) is 43.3 Å². The number of methoxy groups -OCH3 is 2. The van der Waals surface area contributed by atoms with Crippen LogP contribution in [0.2, 0.25) is 0 Å². The van der Waals surface area contributed by atoms with Crippen LogP contribution in [0, 0.1) is 11.3 Å². The average molecular weight is 635 g/mol. The van der Waals surface area contributed by atoms with Gasteiger partial charge in [-0.1, -0.05) is 65.0 Å². The smallest absolute Gasteiger partial charge is 0.252 e. The first kappa shape index (κ1) is 37.2. The maximum atomic E-state index is 13.8. The highest BCUT2D eigenvalue weighted by atomic mass is 32.2. The van der Waals surface area contributed by atoms with Crippen molar-refractivity contribution in [1.29, 1.82) is 0 Å². The summed E-state index contributed by atoms with van der Waals surface area (Å²) in [7, 11) is -0.977. The largest absolute Gasteiger partial charge is 0.497 e. The molecule has 12 heteroatoms. The zero-order valence-corrected chi connectivity index (χ0v) is 27.9. The van der Waals surface area contributed by atoms with Crippen molar-refractivity contribution in [1.82, 2.24) is 20.1 Å². The van der Waals surface area contributed by atoms with Gasteiger partial charge in [-0.05, 0) is 47.6 Å². The molecule has 0 unspecified atom stereocenters. The van der Waals surface area contributed by atoms with Crippen LogP contribution in [0.1, 0.15) is 46.6 Å². The van der Waals surface area contributed by atoms with Gasteiger partial charge in [0.2, 0.25) is 15.9 Å². The second kappa shape index (κ2) is 17.5. The van der Waals surface area contributed by atoms with Gasteiger partial charge in [0.15, 0.2) is 0 Å². The number of ether oxygens (including phenoxy) is 2. The molecule has 3 N–H and O–H groups in total. The van der Waals surface area contributed by atoms with E-state index in [1.807, 2.05) is 65.0 Å². The fraction of sp³-hybridized carbons (Fsp3) is 0.562. The summed E-state index contributed by atoms with van der Waals surface area (Å²) >= 11 is 0. The Kier molecular flexibility index (Phi) is 14.7. The van der Waals surface area contributed by atoms with E-state index in [9.17, 15) is 23.1 Å². The lowest BCUT2D eigenvalue weighted by atomic mass is 9.91. The van der Waals surface area contributed by atoms with Gasteiger partial charge < -0.3 is 19.9 Å². The van der Waals surface area contributed by atoms with Crippen LogP contribution in [0.5, 0.6) is 5.75 Å². The highest BCUT2D eigenvalue weighted by molar-refractivity contribution is 7.89. The lowest BCUT2D eigenvalue weighted by Gasteiger charge is -2.38. The molecule has 0 bridgehead atoms. The Bertz CT molecular complexity index is 1270. The predicted molar refractivity (Wildman–Crippen MR) is 170 cm³/mol. The minimum absolute atomic E-state index is 0.0562. The molecule has 0 aliphatic rings. The number of hydrogen-bond donors (Lipinski definition) is 3. The first-order valence-corrected chi connectivity index (χ1v) is 16.3. The number of nitrogens with one attached hydrogen (secondary N) is 2. The first-order chi connectivity index (χ1) is 20.7. The number of carbonyl (C=O) groups excluding carboxylic acids is 2. The van der Waals surface area contributed by atoms with Gasteiger partial charge in [-0.25, -0.2) is 13.4 Å². The van der Waals surface area contributed by atoms with E-state index in [1.165, 1.54) is 28.6 Å². The van der Waals surface area contributed by atoms with Crippen molar-refractivity contribution >= 4 is 21.8 Å². The molecule has 0 aliphatic heterocycles. The average Bonchev–Trinajstić information content (AvgIpc) is 2.96. The summed E-state index contributed by atoms with van der Waals surface area (Å²) in [4.78, 5) is 26.8. The molecule has 246 valence electrons. The van der Waals surface area contributed by atoms with Crippen LogP contribution < -0.4 is 15.5 Å². The molecule has 2 amide bonds. The molecule has 2 aromatic carbocycles. The molecule has 0 heterocycles. The topological polar surface area (TPSA) is 138 Å². The van der Waals surface area contributed by atoms with Crippen LogP contribution in [0.25, 0.3) is 0 Å². The minimum Gasteiger partial charge on any atom is -0.497 e. The van der Waals surface area contributed by atoms with E-state index in [2.05, 4.69) is 10.7 Å². The number of sulfonamides is 1. The Balaban J connectivity index is 2.50. The maximum Gasteiger partial charge on any atom is 0.252 e. The highest BCUT2D eigenvalue weighted by Gasteiger charge is 2.37. The number of aliphatic hydroxyl groups is 1. The van der Waals surface area contributed by atoms with Gasteiger partial charge in [0, 0.05) is 33.2 Å². The molecule has 0 radical (unpaired) electrons. The van der Waals surface area contributed by atoms with Crippen LogP contribution in [0.3, 0.4) is 0 Å². The second-order valence-electron chi connectivity index (χ2n) is 12.4. The molecule has 2 rings (SSSR count). The Morgan fingerprint density at radius 3 is 2.16 bits per heavy atom. The van der Waals surface area contributed by atoms with E-state index in [0.717, 1.165) is 5.56 Å². The highest BCUT2D eigenvalue weighted by Crippen LogP contribution is 2.25. The number of rotatable bonds is 17. The van der Waals surface area contributed by atoms with Crippen LogP contribution in [0.15, 0.2) is 59.5 Å². The quantitative estimate of drug-likeness (QED) is 0.179. The van der Waals surface area contributed by atoms with Gasteiger partial charge >= 0.3 is 0 Å². The molecule has 0 saturated carbocycles. The van der Waals surface area contributed by atoms with Crippen molar-refractivity contribution in [3.63, 3.8) is 0 Å². The number of hydrogen-bond acceptors (Lipinski definition) is 8. The Morgan fingerprint density at radius 1 is 0.977 bits per heavy atom. The lowest BCUT2D eigenvalue weighted by molar-refractivity contribution is -0.149. The van der Waals surface area contributed by atoms with Crippen molar-refractivity contribution in [3.8, 4) is 5.75 Å². The number of hydrazine groups is 1. The number of nitrogens with zero attached hydrogens (tertiary/aromatic N) is 2.